The van der Waals surface area contributed by atoms with Crippen LogP contribution < -0.4 is 4.90 Å². The normalized spacial score (nSPS) is 11.9. The molecule has 0 aliphatic rings. The number of benzene rings is 1. The molecule has 0 aliphatic carbocycles. The van der Waals surface area contributed by atoms with Crippen molar-refractivity contribution in [3.8, 4) is 17.1 Å². The molecule has 2 heterocycles. The van der Waals surface area contributed by atoms with E-state index in [0.29, 0.717) is 28.3 Å². The highest BCUT2D eigenvalue weighted by Gasteiger charge is 2.30. The highest BCUT2D eigenvalue weighted by molar-refractivity contribution is 5.68. The Kier molecular flexibility index (Phi) is 3.62. The van der Waals surface area contributed by atoms with Crippen molar-refractivity contribution in [1.82, 2.24) is 14.6 Å². The Morgan fingerprint density at radius 2 is 1.75 bits per heavy atom. The number of aromatic hydroxyl groups is 1. The van der Waals surface area contributed by atoms with Crippen molar-refractivity contribution in [3.63, 3.8) is 0 Å². The number of halogens is 3. The molecule has 8 heteroatoms. The fourth-order valence-corrected chi connectivity index (χ4v) is 2.59. The summed E-state index contributed by atoms with van der Waals surface area (Å²) in [7, 11) is 3.55. The van der Waals surface area contributed by atoms with Crippen molar-refractivity contribution < 1.29 is 18.3 Å². The van der Waals surface area contributed by atoms with Crippen molar-refractivity contribution in [2.75, 3.05) is 19.0 Å². The minimum atomic E-state index is -4.38. The van der Waals surface area contributed by atoms with Gasteiger partial charge in [-0.2, -0.15) is 22.8 Å². The SMILES string of the molecule is Cc1nc2cc(-c3ccc(C(F)(F)F)cc3)nn2c(O)c1N(C)C. The maximum absolute atomic E-state index is 12.6. The molecule has 0 atom stereocenters. The van der Waals surface area contributed by atoms with Crippen molar-refractivity contribution >= 4 is 11.3 Å². The first kappa shape index (κ1) is 16.1. The van der Waals surface area contributed by atoms with Gasteiger partial charge in [0.25, 0.3) is 0 Å². The van der Waals surface area contributed by atoms with Crippen molar-refractivity contribution in [3.05, 3.63) is 41.6 Å². The number of aromatic nitrogens is 3. The van der Waals surface area contributed by atoms with Crippen LogP contribution in [0.1, 0.15) is 11.3 Å². The lowest BCUT2D eigenvalue weighted by atomic mass is 10.1. The monoisotopic (exact) mass is 336 g/mol. The van der Waals surface area contributed by atoms with Gasteiger partial charge in [-0.15, -0.1) is 0 Å². The average Bonchev–Trinajstić information content (AvgIpc) is 2.90. The minimum Gasteiger partial charge on any atom is -0.492 e. The molecule has 24 heavy (non-hydrogen) atoms. The number of alkyl halides is 3. The van der Waals surface area contributed by atoms with E-state index in [0.717, 1.165) is 12.1 Å². The van der Waals surface area contributed by atoms with Gasteiger partial charge < -0.3 is 10.0 Å². The molecule has 0 unspecified atom stereocenters. The van der Waals surface area contributed by atoms with Gasteiger partial charge in [-0.25, -0.2) is 4.98 Å². The zero-order valence-corrected chi connectivity index (χ0v) is 13.3. The number of aryl methyl sites for hydroxylation is 1. The summed E-state index contributed by atoms with van der Waals surface area (Å²) >= 11 is 0. The fourth-order valence-electron chi connectivity index (χ4n) is 2.59. The van der Waals surface area contributed by atoms with E-state index in [1.807, 2.05) is 0 Å². The largest absolute Gasteiger partial charge is 0.492 e. The van der Waals surface area contributed by atoms with E-state index in [9.17, 15) is 18.3 Å². The van der Waals surface area contributed by atoms with Gasteiger partial charge in [-0.3, -0.25) is 0 Å². The summed E-state index contributed by atoms with van der Waals surface area (Å²) in [6.07, 6.45) is -4.38. The molecule has 2 aromatic heterocycles. The summed E-state index contributed by atoms with van der Waals surface area (Å²) in [5.41, 5.74) is 1.81. The first-order valence-electron chi connectivity index (χ1n) is 7.13. The van der Waals surface area contributed by atoms with E-state index in [4.69, 9.17) is 0 Å². The van der Waals surface area contributed by atoms with E-state index in [1.54, 1.807) is 32.0 Å². The summed E-state index contributed by atoms with van der Waals surface area (Å²) in [6.45, 7) is 1.76. The molecule has 0 fully saturated rings. The summed E-state index contributed by atoms with van der Waals surface area (Å²) in [4.78, 5) is 6.10. The van der Waals surface area contributed by atoms with Crippen LogP contribution in [0.25, 0.3) is 16.9 Å². The van der Waals surface area contributed by atoms with E-state index < -0.39 is 11.7 Å². The Labute approximate surface area is 136 Å². The molecular weight excluding hydrogens is 321 g/mol. The fraction of sp³-hybridized carbons (Fsp3) is 0.250. The molecule has 0 spiro atoms. The Bertz CT molecular complexity index is 898. The van der Waals surface area contributed by atoms with Crippen LogP contribution in [-0.2, 0) is 6.18 Å². The van der Waals surface area contributed by atoms with Crippen LogP contribution in [0.2, 0.25) is 0 Å². The third-order valence-corrected chi connectivity index (χ3v) is 3.68. The predicted molar refractivity (Wildman–Crippen MR) is 84.2 cm³/mol. The van der Waals surface area contributed by atoms with Gasteiger partial charge in [-0.05, 0) is 19.1 Å². The Morgan fingerprint density at radius 1 is 1.12 bits per heavy atom. The van der Waals surface area contributed by atoms with Crippen LogP contribution in [0.4, 0.5) is 18.9 Å². The Hall–Kier alpha value is -2.77. The predicted octanol–water partition coefficient (Wildman–Crippen LogP) is 3.50. The molecule has 0 radical (unpaired) electrons. The first-order chi connectivity index (χ1) is 11.2. The number of hydrogen-bond acceptors (Lipinski definition) is 4. The number of nitrogens with zero attached hydrogens (tertiary/aromatic N) is 4. The second-order valence-electron chi connectivity index (χ2n) is 5.64. The zero-order chi connectivity index (χ0) is 17.6. The van der Waals surface area contributed by atoms with Crippen LogP contribution in [-0.4, -0.2) is 33.8 Å². The third-order valence-electron chi connectivity index (χ3n) is 3.68. The van der Waals surface area contributed by atoms with Crippen molar-refractivity contribution in [2.24, 2.45) is 0 Å². The molecule has 126 valence electrons. The first-order valence-corrected chi connectivity index (χ1v) is 7.13. The number of rotatable bonds is 2. The molecule has 3 rings (SSSR count). The van der Waals surface area contributed by atoms with Gasteiger partial charge in [0.15, 0.2) is 5.65 Å². The maximum Gasteiger partial charge on any atom is 0.416 e. The van der Waals surface area contributed by atoms with Crippen LogP contribution in [0.15, 0.2) is 30.3 Å². The minimum absolute atomic E-state index is 0.0688. The van der Waals surface area contributed by atoms with Gasteiger partial charge in [0.2, 0.25) is 5.88 Å². The van der Waals surface area contributed by atoms with E-state index in [2.05, 4.69) is 10.1 Å². The lowest BCUT2D eigenvalue weighted by molar-refractivity contribution is -0.137. The molecule has 0 saturated heterocycles. The van der Waals surface area contributed by atoms with Gasteiger partial charge in [-0.1, -0.05) is 12.1 Å². The lowest BCUT2D eigenvalue weighted by Gasteiger charge is -2.16. The smallest absolute Gasteiger partial charge is 0.416 e. The highest BCUT2D eigenvalue weighted by atomic mass is 19.4. The zero-order valence-electron chi connectivity index (χ0n) is 13.3. The van der Waals surface area contributed by atoms with Gasteiger partial charge in [0, 0.05) is 25.7 Å². The Balaban J connectivity index is 2.10. The van der Waals surface area contributed by atoms with Gasteiger partial charge >= 0.3 is 6.18 Å². The van der Waals surface area contributed by atoms with Crippen LogP contribution in [0.3, 0.4) is 0 Å². The molecule has 3 aromatic rings. The quantitative estimate of drug-likeness (QED) is 0.778. The summed E-state index contributed by atoms with van der Waals surface area (Å²) < 4.78 is 39.2. The number of hydrogen-bond donors (Lipinski definition) is 1. The molecule has 0 saturated carbocycles. The maximum atomic E-state index is 12.6. The van der Waals surface area contributed by atoms with Crippen molar-refractivity contribution in [2.45, 2.75) is 13.1 Å². The summed E-state index contributed by atoms with van der Waals surface area (Å²) in [5, 5.41) is 14.6. The summed E-state index contributed by atoms with van der Waals surface area (Å²) in [5.74, 6) is -0.0688. The van der Waals surface area contributed by atoms with Crippen LogP contribution in [0, 0.1) is 6.92 Å². The van der Waals surface area contributed by atoms with E-state index >= 15 is 0 Å². The summed E-state index contributed by atoms with van der Waals surface area (Å²) in [6, 6.07) is 6.32. The third kappa shape index (κ3) is 2.64. The average molecular weight is 336 g/mol. The second-order valence-corrected chi connectivity index (χ2v) is 5.64. The second kappa shape index (κ2) is 5.40. The molecule has 0 bridgehead atoms. The highest BCUT2D eigenvalue weighted by Crippen LogP contribution is 2.33. The molecule has 1 aromatic carbocycles. The van der Waals surface area contributed by atoms with Crippen LogP contribution in [0.5, 0.6) is 5.88 Å². The number of anilines is 1. The van der Waals surface area contributed by atoms with Gasteiger partial charge in [0.1, 0.15) is 5.69 Å². The number of fused-ring (bicyclic) bond motifs is 1. The van der Waals surface area contributed by atoms with Crippen LogP contribution >= 0.6 is 0 Å². The lowest BCUT2D eigenvalue weighted by Crippen LogP contribution is -2.13. The molecule has 1 N–H and O–H groups in total. The van der Waals surface area contributed by atoms with Gasteiger partial charge in [0.05, 0.1) is 17.0 Å². The molecule has 0 aliphatic heterocycles. The van der Waals surface area contributed by atoms with Crippen molar-refractivity contribution in [1.29, 1.82) is 0 Å². The standard InChI is InChI=1S/C16H15F3N4O/c1-9-14(22(2)3)15(24)23-13(20-9)8-12(21-23)10-4-6-11(7-5-10)16(17,18)19/h4-8,24H,1-3H3. The molecule has 5 nitrogen and oxygen atoms in total. The van der Waals surface area contributed by atoms with E-state index in [-0.39, 0.29) is 5.88 Å². The molecular formula is C16H15F3N4O. The topological polar surface area (TPSA) is 53.7 Å². The van der Waals surface area contributed by atoms with E-state index in [1.165, 1.54) is 16.6 Å². The Morgan fingerprint density at radius 3 is 2.29 bits per heavy atom. The molecule has 0 amide bonds.